The molecular weight excluding hydrogens is 496 g/mol. The van der Waals surface area contributed by atoms with E-state index in [1.54, 1.807) is 42.5 Å². The van der Waals surface area contributed by atoms with Gasteiger partial charge in [0.25, 0.3) is 5.91 Å². The molecule has 1 N–H and O–H groups in total. The van der Waals surface area contributed by atoms with Gasteiger partial charge in [-0.05, 0) is 79.2 Å². The third kappa shape index (κ3) is 5.71. The van der Waals surface area contributed by atoms with Gasteiger partial charge in [-0.25, -0.2) is 4.90 Å². The van der Waals surface area contributed by atoms with Gasteiger partial charge in [-0.2, -0.15) is 10.2 Å². The first-order valence-electron chi connectivity index (χ1n) is 12.1. The van der Waals surface area contributed by atoms with Gasteiger partial charge in [0.1, 0.15) is 0 Å². The van der Waals surface area contributed by atoms with Crippen LogP contribution in [0.2, 0.25) is 0 Å². The predicted octanol–water partition coefficient (Wildman–Crippen LogP) is 7.09. The molecule has 1 aliphatic heterocycles. The fraction of sp³-hybridized carbons (Fsp3) is 0.100. The molecule has 0 spiro atoms. The Morgan fingerprint density at radius 2 is 1.45 bits per heavy atom. The minimum Gasteiger partial charge on any atom is -0.322 e. The van der Waals surface area contributed by atoms with Crippen LogP contribution in [0.15, 0.2) is 118 Å². The largest absolute Gasteiger partial charge is 0.322 e. The molecular formula is C30H24N4O3S. The zero-order chi connectivity index (χ0) is 26.5. The van der Waals surface area contributed by atoms with Crippen LogP contribution in [-0.4, -0.2) is 23.0 Å². The van der Waals surface area contributed by atoms with Gasteiger partial charge in [0.05, 0.1) is 22.3 Å². The van der Waals surface area contributed by atoms with Crippen LogP contribution in [0.3, 0.4) is 0 Å². The smallest absolute Gasteiger partial charge is 0.255 e. The minimum atomic E-state index is -0.521. The van der Waals surface area contributed by atoms with Gasteiger partial charge in [0, 0.05) is 22.6 Å². The molecule has 1 unspecified atom stereocenters. The number of benzene rings is 4. The van der Waals surface area contributed by atoms with Crippen molar-refractivity contribution < 1.29 is 14.4 Å². The summed E-state index contributed by atoms with van der Waals surface area (Å²) >= 11 is 1.34. The van der Waals surface area contributed by atoms with Gasteiger partial charge in [-0.3, -0.25) is 14.4 Å². The van der Waals surface area contributed by atoms with Crippen molar-refractivity contribution >= 4 is 52.2 Å². The lowest BCUT2D eigenvalue weighted by molar-refractivity contribution is -0.121. The fourth-order valence-electron chi connectivity index (χ4n) is 4.05. The van der Waals surface area contributed by atoms with Crippen LogP contribution in [0.25, 0.3) is 0 Å². The molecule has 0 aliphatic carbocycles. The van der Waals surface area contributed by atoms with E-state index in [0.29, 0.717) is 22.6 Å². The summed E-state index contributed by atoms with van der Waals surface area (Å²) in [6.07, 6.45) is 0.116. The third-order valence-corrected chi connectivity index (χ3v) is 7.23. The molecule has 0 aromatic heterocycles. The van der Waals surface area contributed by atoms with Crippen molar-refractivity contribution in [1.29, 1.82) is 0 Å². The average Bonchev–Trinajstić information content (AvgIpc) is 3.21. The number of thioether (sulfide) groups is 1. The van der Waals surface area contributed by atoms with Gasteiger partial charge in [-0.1, -0.05) is 36.4 Å². The highest BCUT2D eigenvalue weighted by Gasteiger charge is 2.40. The van der Waals surface area contributed by atoms with Crippen molar-refractivity contribution in [3.63, 3.8) is 0 Å². The normalized spacial score (nSPS) is 15.3. The molecule has 8 heteroatoms. The molecule has 1 saturated heterocycles. The van der Waals surface area contributed by atoms with E-state index >= 15 is 0 Å². The van der Waals surface area contributed by atoms with Gasteiger partial charge >= 0.3 is 0 Å². The summed E-state index contributed by atoms with van der Waals surface area (Å²) in [6, 6.07) is 30.9. The molecule has 7 nitrogen and oxygen atoms in total. The highest BCUT2D eigenvalue weighted by atomic mass is 32.2. The SMILES string of the molecule is Cc1ccccc1C(=O)Nc1ccc(SC2CC(=O)N(c3ccc(N=Nc4ccccc4)cc3)C2=O)cc1. The van der Waals surface area contributed by atoms with Crippen molar-refractivity contribution in [2.45, 2.75) is 23.5 Å². The maximum Gasteiger partial charge on any atom is 0.255 e. The second kappa shape index (κ2) is 11.2. The molecule has 1 atom stereocenters. The Balaban J connectivity index is 1.21. The molecule has 0 bridgehead atoms. The average molecular weight is 521 g/mol. The van der Waals surface area contributed by atoms with Crippen molar-refractivity contribution in [1.82, 2.24) is 0 Å². The summed E-state index contributed by atoms with van der Waals surface area (Å²) in [5, 5.41) is 10.8. The number of amides is 3. The predicted molar refractivity (Wildman–Crippen MR) is 149 cm³/mol. The Bertz CT molecular complexity index is 1500. The van der Waals surface area contributed by atoms with Gasteiger partial charge in [0.15, 0.2) is 0 Å². The molecule has 5 rings (SSSR count). The van der Waals surface area contributed by atoms with E-state index in [9.17, 15) is 14.4 Å². The van der Waals surface area contributed by atoms with E-state index in [-0.39, 0.29) is 24.1 Å². The number of nitrogens with zero attached hydrogens (tertiary/aromatic N) is 3. The monoisotopic (exact) mass is 520 g/mol. The van der Waals surface area contributed by atoms with E-state index < -0.39 is 5.25 Å². The van der Waals surface area contributed by atoms with Crippen LogP contribution >= 0.6 is 11.8 Å². The number of carbonyl (C=O) groups excluding carboxylic acids is 3. The number of aryl methyl sites for hydroxylation is 1. The number of rotatable bonds is 7. The number of azo groups is 1. The number of imide groups is 1. The fourth-order valence-corrected chi connectivity index (χ4v) is 5.11. The third-order valence-electron chi connectivity index (χ3n) is 6.03. The Morgan fingerprint density at radius 3 is 2.13 bits per heavy atom. The van der Waals surface area contributed by atoms with Gasteiger partial charge in [-0.15, -0.1) is 11.8 Å². The van der Waals surface area contributed by atoms with Crippen LogP contribution in [-0.2, 0) is 9.59 Å². The quantitative estimate of drug-likeness (QED) is 0.208. The molecule has 4 aromatic carbocycles. The second-order valence-corrected chi connectivity index (χ2v) is 10.00. The topological polar surface area (TPSA) is 91.2 Å². The van der Waals surface area contributed by atoms with Crippen LogP contribution in [0.4, 0.5) is 22.7 Å². The maximum absolute atomic E-state index is 13.1. The summed E-state index contributed by atoms with van der Waals surface area (Å²) in [7, 11) is 0. The standard InChI is InChI=1S/C30H24N4O3S/c1-20-7-5-6-10-26(20)29(36)31-21-13-17-25(18-14-21)38-27-19-28(35)34(30(27)37)24-15-11-23(12-16-24)33-32-22-8-3-2-4-9-22/h2-18,27H,19H2,1H3,(H,31,36). The lowest BCUT2D eigenvalue weighted by Gasteiger charge is -2.15. The lowest BCUT2D eigenvalue weighted by Crippen LogP contribution is -2.30. The number of carbonyl (C=O) groups is 3. The molecule has 4 aromatic rings. The Kier molecular flexibility index (Phi) is 7.42. The first kappa shape index (κ1) is 25.1. The highest BCUT2D eigenvalue weighted by molar-refractivity contribution is 8.00. The van der Waals surface area contributed by atoms with Gasteiger partial charge < -0.3 is 5.32 Å². The number of nitrogens with one attached hydrogen (secondary N) is 1. The molecule has 1 aliphatic rings. The van der Waals surface area contributed by atoms with Crippen LogP contribution < -0.4 is 10.2 Å². The van der Waals surface area contributed by atoms with Crippen LogP contribution in [0.5, 0.6) is 0 Å². The first-order chi connectivity index (χ1) is 18.5. The lowest BCUT2D eigenvalue weighted by atomic mass is 10.1. The van der Waals surface area contributed by atoms with Crippen molar-refractivity contribution in [3.05, 3.63) is 114 Å². The van der Waals surface area contributed by atoms with Crippen molar-refractivity contribution in [3.8, 4) is 0 Å². The first-order valence-corrected chi connectivity index (χ1v) is 12.9. The molecule has 0 radical (unpaired) electrons. The number of anilines is 2. The number of hydrogen-bond acceptors (Lipinski definition) is 6. The van der Waals surface area contributed by atoms with Crippen LogP contribution in [0.1, 0.15) is 22.3 Å². The summed E-state index contributed by atoms with van der Waals surface area (Å²) in [5.74, 6) is -0.674. The summed E-state index contributed by atoms with van der Waals surface area (Å²) < 4.78 is 0. The summed E-state index contributed by atoms with van der Waals surface area (Å²) in [6.45, 7) is 1.89. The van der Waals surface area contributed by atoms with E-state index in [1.807, 2.05) is 67.6 Å². The molecule has 1 heterocycles. The van der Waals surface area contributed by atoms with E-state index in [4.69, 9.17) is 0 Å². The zero-order valence-electron chi connectivity index (χ0n) is 20.6. The molecule has 38 heavy (non-hydrogen) atoms. The second-order valence-electron chi connectivity index (χ2n) is 8.72. The minimum absolute atomic E-state index is 0.116. The molecule has 188 valence electrons. The van der Waals surface area contributed by atoms with Crippen LogP contribution in [0, 0.1) is 6.92 Å². The zero-order valence-corrected chi connectivity index (χ0v) is 21.4. The van der Waals surface area contributed by atoms with Crippen molar-refractivity contribution in [2.24, 2.45) is 10.2 Å². The highest BCUT2D eigenvalue weighted by Crippen LogP contribution is 2.35. The van der Waals surface area contributed by atoms with E-state index in [2.05, 4.69) is 15.5 Å². The Hall–Kier alpha value is -4.56. The molecule has 1 fully saturated rings. The Labute approximate surface area is 224 Å². The molecule has 0 saturated carbocycles. The van der Waals surface area contributed by atoms with E-state index in [1.165, 1.54) is 16.7 Å². The summed E-state index contributed by atoms with van der Waals surface area (Å²) in [4.78, 5) is 40.4. The van der Waals surface area contributed by atoms with Crippen molar-refractivity contribution in [2.75, 3.05) is 10.2 Å². The summed E-state index contributed by atoms with van der Waals surface area (Å²) in [5.41, 5.74) is 4.05. The van der Waals surface area contributed by atoms with E-state index in [0.717, 1.165) is 16.1 Å². The number of hydrogen-bond donors (Lipinski definition) is 1. The molecule has 3 amide bonds. The Morgan fingerprint density at radius 1 is 0.816 bits per heavy atom. The van der Waals surface area contributed by atoms with Gasteiger partial charge in [0.2, 0.25) is 11.8 Å². The maximum atomic E-state index is 13.1.